The quantitative estimate of drug-likeness (QED) is 0.718. The van der Waals surface area contributed by atoms with E-state index >= 15 is 0 Å². The first kappa shape index (κ1) is 21.6. The van der Waals surface area contributed by atoms with Gasteiger partial charge in [0, 0.05) is 12.2 Å². The number of nitrogens with zero attached hydrogens (tertiary/aromatic N) is 1. The fourth-order valence-electron chi connectivity index (χ4n) is 5.57. The van der Waals surface area contributed by atoms with Crippen molar-refractivity contribution in [2.75, 3.05) is 30.7 Å². The second-order valence-electron chi connectivity index (χ2n) is 10.1. The number of sulfonamides is 1. The van der Waals surface area contributed by atoms with Gasteiger partial charge >= 0.3 is 6.03 Å². The summed E-state index contributed by atoms with van der Waals surface area (Å²) in [6, 6.07) is 1.67. The molecule has 30 heavy (non-hydrogen) atoms. The van der Waals surface area contributed by atoms with Crippen molar-refractivity contribution in [3.63, 3.8) is 0 Å². The van der Waals surface area contributed by atoms with Gasteiger partial charge in [-0.05, 0) is 92.1 Å². The molecule has 0 saturated carbocycles. The van der Waals surface area contributed by atoms with Gasteiger partial charge < -0.3 is 10.2 Å². The molecule has 3 aliphatic rings. The van der Waals surface area contributed by atoms with E-state index in [2.05, 4.69) is 21.0 Å². The summed E-state index contributed by atoms with van der Waals surface area (Å²) in [6.45, 7) is 6.73. The SMILES string of the molecule is CC(C)(CN1CCCCC1)CS(=O)(=O)NC(=O)Nc1c2c(cc3c1CCC3)CCC2. The van der Waals surface area contributed by atoms with Gasteiger partial charge in [-0.25, -0.2) is 17.9 Å². The Labute approximate surface area is 180 Å². The van der Waals surface area contributed by atoms with Crippen molar-refractivity contribution in [1.82, 2.24) is 9.62 Å². The minimum absolute atomic E-state index is 0.0606. The van der Waals surface area contributed by atoms with Crippen LogP contribution in [0, 0.1) is 5.41 Å². The highest BCUT2D eigenvalue weighted by Gasteiger charge is 2.31. The number of aryl methyl sites for hydroxylation is 2. The fourth-order valence-corrected chi connectivity index (χ4v) is 7.09. The zero-order chi connectivity index (χ0) is 21.4. The number of likely N-dealkylation sites (tertiary alicyclic amines) is 1. The number of rotatable bonds is 6. The molecule has 1 aromatic rings. The molecule has 166 valence electrons. The van der Waals surface area contributed by atoms with Crippen molar-refractivity contribution in [3.8, 4) is 0 Å². The predicted octanol–water partition coefficient (Wildman–Crippen LogP) is 3.63. The van der Waals surface area contributed by atoms with Crippen LogP contribution in [0.1, 0.15) is 68.2 Å². The lowest BCUT2D eigenvalue weighted by molar-refractivity contribution is 0.165. The van der Waals surface area contributed by atoms with Gasteiger partial charge in [0.2, 0.25) is 10.0 Å². The standard InChI is InChI=1S/C23H35N3O3S/c1-23(2,15-26-12-4-3-5-13-26)16-30(28,29)25-22(27)24-21-19-10-6-8-17(19)14-18-9-7-11-20(18)21/h14H,3-13,15-16H2,1-2H3,(H2,24,25,27). The number of hydrogen-bond donors (Lipinski definition) is 2. The number of amides is 2. The first-order chi connectivity index (χ1) is 14.2. The van der Waals surface area contributed by atoms with E-state index in [0.29, 0.717) is 0 Å². The lowest BCUT2D eigenvalue weighted by Crippen LogP contribution is -2.45. The van der Waals surface area contributed by atoms with E-state index in [-0.39, 0.29) is 5.75 Å². The molecule has 1 fully saturated rings. The Morgan fingerprint density at radius 2 is 1.57 bits per heavy atom. The lowest BCUT2D eigenvalue weighted by atomic mass is 9.94. The Bertz CT molecular complexity index is 886. The molecule has 0 radical (unpaired) electrons. The maximum atomic E-state index is 12.8. The zero-order valence-electron chi connectivity index (χ0n) is 18.3. The molecular weight excluding hydrogens is 398 g/mol. The molecule has 6 nitrogen and oxygen atoms in total. The van der Waals surface area contributed by atoms with E-state index in [9.17, 15) is 13.2 Å². The van der Waals surface area contributed by atoms with Crippen LogP contribution in [-0.2, 0) is 35.7 Å². The molecule has 0 aromatic heterocycles. The molecule has 0 unspecified atom stereocenters. The largest absolute Gasteiger partial charge is 0.332 e. The predicted molar refractivity (Wildman–Crippen MR) is 121 cm³/mol. The summed E-state index contributed by atoms with van der Waals surface area (Å²) in [6.07, 6.45) is 9.79. The second-order valence-corrected chi connectivity index (χ2v) is 11.8. The van der Waals surface area contributed by atoms with Gasteiger partial charge in [0.15, 0.2) is 0 Å². The van der Waals surface area contributed by atoms with E-state index in [4.69, 9.17) is 0 Å². The topological polar surface area (TPSA) is 78.5 Å². The molecule has 2 aliphatic carbocycles. The normalized spacial score (nSPS) is 19.4. The molecule has 4 rings (SSSR count). The van der Waals surface area contributed by atoms with Crippen LogP contribution in [0.3, 0.4) is 0 Å². The van der Waals surface area contributed by atoms with Crippen molar-refractivity contribution < 1.29 is 13.2 Å². The summed E-state index contributed by atoms with van der Waals surface area (Å²) >= 11 is 0. The van der Waals surface area contributed by atoms with Crippen LogP contribution < -0.4 is 10.0 Å². The van der Waals surface area contributed by atoms with Crippen LogP contribution in [-0.4, -0.2) is 44.7 Å². The van der Waals surface area contributed by atoms with Crippen LogP contribution in [0.4, 0.5) is 10.5 Å². The number of carbonyl (C=O) groups is 1. The summed E-state index contributed by atoms with van der Waals surface area (Å²) < 4.78 is 27.8. The minimum Gasteiger partial charge on any atom is -0.307 e. The van der Waals surface area contributed by atoms with E-state index in [0.717, 1.165) is 63.8 Å². The number of carbonyl (C=O) groups excluding carboxylic acids is 1. The third-order valence-electron chi connectivity index (χ3n) is 6.64. The molecule has 0 atom stereocenters. The van der Waals surface area contributed by atoms with Gasteiger partial charge in [-0.15, -0.1) is 0 Å². The first-order valence-electron chi connectivity index (χ1n) is 11.4. The van der Waals surface area contributed by atoms with Crippen LogP contribution in [0.5, 0.6) is 0 Å². The van der Waals surface area contributed by atoms with Gasteiger partial charge in [0.25, 0.3) is 0 Å². The Hall–Kier alpha value is -1.60. The van der Waals surface area contributed by atoms with Gasteiger partial charge in [0.05, 0.1) is 5.75 Å². The van der Waals surface area contributed by atoms with E-state index in [1.165, 1.54) is 41.5 Å². The smallest absolute Gasteiger partial charge is 0.307 e. The average molecular weight is 434 g/mol. The summed E-state index contributed by atoms with van der Waals surface area (Å²) in [5.74, 6) is -0.0606. The molecule has 1 heterocycles. The average Bonchev–Trinajstić information content (AvgIpc) is 3.29. The van der Waals surface area contributed by atoms with Crippen LogP contribution in [0.25, 0.3) is 0 Å². The number of nitrogens with one attached hydrogen (secondary N) is 2. The van der Waals surface area contributed by atoms with Gasteiger partial charge in [-0.2, -0.15) is 0 Å². The van der Waals surface area contributed by atoms with Crippen molar-refractivity contribution >= 4 is 21.7 Å². The van der Waals surface area contributed by atoms with E-state index in [1.807, 2.05) is 13.8 Å². The minimum atomic E-state index is -3.73. The number of urea groups is 1. The molecule has 1 aliphatic heterocycles. The summed E-state index contributed by atoms with van der Waals surface area (Å²) in [5, 5.41) is 2.93. The monoisotopic (exact) mass is 433 g/mol. The van der Waals surface area contributed by atoms with Crippen molar-refractivity contribution in [2.45, 2.75) is 71.6 Å². The first-order valence-corrected chi connectivity index (χ1v) is 13.1. The summed E-state index contributed by atoms with van der Waals surface area (Å²) in [4.78, 5) is 15.0. The molecule has 1 saturated heterocycles. The Morgan fingerprint density at radius 3 is 2.17 bits per heavy atom. The van der Waals surface area contributed by atoms with Crippen LogP contribution in [0.15, 0.2) is 6.07 Å². The fraction of sp³-hybridized carbons (Fsp3) is 0.696. The van der Waals surface area contributed by atoms with Crippen molar-refractivity contribution in [2.24, 2.45) is 5.41 Å². The van der Waals surface area contributed by atoms with Crippen LogP contribution in [0.2, 0.25) is 0 Å². The highest BCUT2D eigenvalue weighted by Crippen LogP contribution is 2.38. The highest BCUT2D eigenvalue weighted by molar-refractivity contribution is 7.90. The molecule has 2 amide bonds. The van der Waals surface area contributed by atoms with E-state index < -0.39 is 21.5 Å². The maximum Gasteiger partial charge on any atom is 0.332 e. The lowest BCUT2D eigenvalue weighted by Gasteiger charge is -2.34. The Morgan fingerprint density at radius 1 is 0.967 bits per heavy atom. The molecule has 0 spiro atoms. The summed E-state index contributed by atoms with van der Waals surface area (Å²) in [7, 11) is -3.73. The number of hydrogen-bond acceptors (Lipinski definition) is 4. The maximum absolute atomic E-state index is 12.8. The zero-order valence-corrected chi connectivity index (χ0v) is 19.2. The van der Waals surface area contributed by atoms with Gasteiger partial charge in [-0.3, -0.25) is 0 Å². The molecule has 1 aromatic carbocycles. The Balaban J connectivity index is 1.41. The van der Waals surface area contributed by atoms with Crippen LogP contribution >= 0.6 is 0 Å². The molecule has 2 N–H and O–H groups in total. The van der Waals surface area contributed by atoms with Crippen molar-refractivity contribution in [1.29, 1.82) is 0 Å². The molecular formula is C23H35N3O3S. The summed E-state index contributed by atoms with van der Waals surface area (Å²) in [5.41, 5.74) is 5.49. The van der Waals surface area contributed by atoms with Gasteiger partial charge in [-0.1, -0.05) is 26.3 Å². The number of benzene rings is 1. The molecule has 7 heteroatoms. The van der Waals surface area contributed by atoms with Gasteiger partial charge in [0.1, 0.15) is 0 Å². The third kappa shape index (κ3) is 4.99. The third-order valence-corrected chi connectivity index (χ3v) is 8.30. The number of anilines is 1. The number of fused-ring (bicyclic) bond motifs is 2. The Kier molecular flexibility index (Phi) is 6.13. The van der Waals surface area contributed by atoms with E-state index in [1.54, 1.807) is 0 Å². The van der Waals surface area contributed by atoms with Crippen molar-refractivity contribution in [3.05, 3.63) is 28.3 Å². The second kappa shape index (κ2) is 8.50. The molecule has 0 bridgehead atoms. The number of piperidine rings is 1. The highest BCUT2D eigenvalue weighted by atomic mass is 32.2.